The molecular formula is C30H40N4O4. The molecule has 3 amide bonds. The predicted octanol–water partition coefficient (Wildman–Crippen LogP) is 4.88. The Morgan fingerprint density at radius 3 is 2.29 bits per heavy atom. The molecule has 8 heteroatoms. The summed E-state index contributed by atoms with van der Waals surface area (Å²) < 4.78 is 5.18. The Hall–Kier alpha value is -3.39. The molecule has 2 aromatic carbocycles. The summed E-state index contributed by atoms with van der Waals surface area (Å²) in [5, 5.41) is 2.82. The van der Waals surface area contributed by atoms with E-state index in [9.17, 15) is 14.4 Å². The van der Waals surface area contributed by atoms with Gasteiger partial charge in [-0.2, -0.15) is 0 Å². The van der Waals surface area contributed by atoms with Crippen LogP contribution in [0.4, 0.5) is 16.2 Å². The molecule has 204 valence electrons. The van der Waals surface area contributed by atoms with E-state index < -0.39 is 0 Å². The number of rotatable bonds is 4. The molecule has 0 aliphatic carbocycles. The molecule has 38 heavy (non-hydrogen) atoms. The first kappa shape index (κ1) is 26.2. The summed E-state index contributed by atoms with van der Waals surface area (Å²) >= 11 is 0. The Morgan fingerprint density at radius 1 is 1.00 bits per heavy atom. The summed E-state index contributed by atoms with van der Waals surface area (Å²) in [5.41, 5.74) is 5.10. The molecule has 3 heterocycles. The molecule has 3 aliphatic rings. The normalized spacial score (nSPS) is 19.3. The van der Waals surface area contributed by atoms with Crippen LogP contribution in [-0.2, 0) is 19.7 Å². The molecule has 2 aromatic rings. The van der Waals surface area contributed by atoms with Crippen LogP contribution in [0.1, 0.15) is 53.4 Å². The maximum atomic E-state index is 12.9. The molecule has 2 saturated heterocycles. The van der Waals surface area contributed by atoms with Crippen LogP contribution < -0.4 is 10.2 Å². The first-order valence-electron chi connectivity index (χ1n) is 13.8. The summed E-state index contributed by atoms with van der Waals surface area (Å²) in [7, 11) is 0. The second-order valence-electron chi connectivity index (χ2n) is 10.8. The van der Waals surface area contributed by atoms with Crippen LogP contribution in [0.2, 0.25) is 0 Å². The highest BCUT2D eigenvalue weighted by Gasteiger charge is 2.47. The molecule has 0 radical (unpaired) electrons. The van der Waals surface area contributed by atoms with Gasteiger partial charge >= 0.3 is 6.09 Å². The largest absolute Gasteiger partial charge is 0.450 e. The molecule has 1 N–H and O–H groups in total. The molecular weight excluding hydrogens is 480 g/mol. The molecule has 0 aromatic heterocycles. The Morgan fingerprint density at radius 2 is 1.68 bits per heavy atom. The van der Waals surface area contributed by atoms with Gasteiger partial charge < -0.3 is 24.8 Å². The monoisotopic (exact) mass is 520 g/mol. The van der Waals surface area contributed by atoms with E-state index in [2.05, 4.69) is 28.4 Å². The molecule has 0 atom stereocenters. The number of hydrogen-bond donors (Lipinski definition) is 1. The summed E-state index contributed by atoms with van der Waals surface area (Å²) in [6, 6.07) is 14.7. The van der Waals surface area contributed by atoms with E-state index >= 15 is 0 Å². The third-order valence-corrected chi connectivity index (χ3v) is 8.50. The molecule has 0 saturated carbocycles. The standard InChI is InChI=1S/C30H38N4O4.H2/c1-4-38-29(37)33-16-12-25(13-17-33)32-18-14-30(15-19-32)20-34(22(3)36)28-26(6-5-7-27(28)30)23-8-10-24(11-9-23)31-21(2)35;/h5-11,25H,4,12-20H2,1-3H3,(H,31,35);1H. The highest BCUT2D eigenvalue weighted by molar-refractivity contribution is 6.00. The van der Waals surface area contributed by atoms with Crippen molar-refractivity contribution >= 4 is 29.3 Å². The van der Waals surface area contributed by atoms with Crippen LogP contribution in [0.5, 0.6) is 0 Å². The van der Waals surface area contributed by atoms with E-state index in [1.807, 2.05) is 41.0 Å². The Labute approximate surface area is 226 Å². The number of carbonyl (C=O) groups is 3. The fourth-order valence-electron chi connectivity index (χ4n) is 6.54. The zero-order valence-electron chi connectivity index (χ0n) is 22.7. The van der Waals surface area contributed by atoms with Gasteiger partial charge in [0.1, 0.15) is 0 Å². The van der Waals surface area contributed by atoms with Crippen molar-refractivity contribution in [2.24, 2.45) is 0 Å². The quantitative estimate of drug-likeness (QED) is 0.622. The molecule has 5 rings (SSSR count). The van der Waals surface area contributed by atoms with Gasteiger partial charge in [0.05, 0.1) is 12.3 Å². The van der Waals surface area contributed by atoms with E-state index in [1.165, 1.54) is 12.5 Å². The van der Waals surface area contributed by atoms with Crippen LogP contribution >= 0.6 is 0 Å². The number of ether oxygens (including phenoxy) is 1. The number of nitrogens with zero attached hydrogens (tertiary/aromatic N) is 3. The van der Waals surface area contributed by atoms with E-state index in [4.69, 9.17) is 4.74 Å². The number of hydrogen-bond acceptors (Lipinski definition) is 5. The lowest BCUT2D eigenvalue weighted by Crippen LogP contribution is -2.52. The first-order chi connectivity index (χ1) is 18.3. The number of amides is 3. The van der Waals surface area contributed by atoms with Crippen LogP contribution in [0.25, 0.3) is 11.1 Å². The van der Waals surface area contributed by atoms with Gasteiger partial charge in [0.2, 0.25) is 11.8 Å². The predicted molar refractivity (Wildman–Crippen MR) is 150 cm³/mol. The topological polar surface area (TPSA) is 82.2 Å². The minimum absolute atomic E-state index is 0. The van der Waals surface area contributed by atoms with Crippen LogP contribution in [0, 0.1) is 0 Å². The molecule has 0 bridgehead atoms. The molecule has 1 spiro atoms. The summed E-state index contributed by atoms with van der Waals surface area (Å²) in [6.07, 6.45) is 3.76. The Bertz CT molecular complexity index is 1200. The zero-order chi connectivity index (χ0) is 26.9. The van der Waals surface area contributed by atoms with Gasteiger partial charge in [-0.15, -0.1) is 0 Å². The van der Waals surface area contributed by atoms with Crippen molar-refractivity contribution in [3.05, 3.63) is 48.0 Å². The van der Waals surface area contributed by atoms with E-state index in [0.29, 0.717) is 19.2 Å². The van der Waals surface area contributed by atoms with E-state index in [-0.39, 0.29) is 24.7 Å². The number of nitrogens with one attached hydrogen (secondary N) is 1. The average molecular weight is 521 g/mol. The van der Waals surface area contributed by atoms with Gasteiger partial charge in [-0.3, -0.25) is 9.59 Å². The number of anilines is 2. The Balaban J connectivity index is 0.00000353. The minimum Gasteiger partial charge on any atom is -0.450 e. The van der Waals surface area contributed by atoms with Crippen molar-refractivity contribution in [2.45, 2.75) is 57.9 Å². The van der Waals surface area contributed by atoms with Gasteiger partial charge in [0.25, 0.3) is 0 Å². The van der Waals surface area contributed by atoms with Gasteiger partial charge in [-0.1, -0.05) is 30.3 Å². The second kappa shape index (κ2) is 10.8. The third-order valence-electron chi connectivity index (χ3n) is 8.50. The molecule has 3 aliphatic heterocycles. The zero-order valence-corrected chi connectivity index (χ0v) is 22.7. The van der Waals surface area contributed by atoms with Crippen molar-refractivity contribution < 1.29 is 20.5 Å². The van der Waals surface area contributed by atoms with Gasteiger partial charge in [0, 0.05) is 57.6 Å². The number of benzene rings is 2. The lowest BCUT2D eigenvalue weighted by molar-refractivity contribution is -0.116. The minimum atomic E-state index is -0.198. The third kappa shape index (κ3) is 5.01. The molecule has 0 unspecified atom stereocenters. The van der Waals surface area contributed by atoms with Crippen molar-refractivity contribution in [1.82, 2.24) is 9.80 Å². The van der Waals surface area contributed by atoms with Crippen molar-refractivity contribution in [3.63, 3.8) is 0 Å². The fourth-order valence-corrected chi connectivity index (χ4v) is 6.54. The molecule has 2 fully saturated rings. The van der Waals surface area contributed by atoms with Crippen LogP contribution in [0.15, 0.2) is 42.5 Å². The maximum Gasteiger partial charge on any atom is 0.409 e. The van der Waals surface area contributed by atoms with Crippen molar-refractivity contribution in [3.8, 4) is 11.1 Å². The fraction of sp³-hybridized carbons (Fsp3) is 0.500. The van der Waals surface area contributed by atoms with E-state index in [1.54, 1.807) is 6.92 Å². The lowest BCUT2D eigenvalue weighted by atomic mass is 9.73. The number of piperidine rings is 2. The van der Waals surface area contributed by atoms with Crippen molar-refractivity contribution in [2.75, 3.05) is 49.5 Å². The molecule has 8 nitrogen and oxygen atoms in total. The number of para-hydroxylation sites is 1. The highest BCUT2D eigenvalue weighted by Crippen LogP contribution is 2.51. The second-order valence-corrected chi connectivity index (χ2v) is 10.8. The summed E-state index contributed by atoms with van der Waals surface area (Å²) in [6.45, 7) is 9.60. The van der Waals surface area contributed by atoms with Crippen LogP contribution in [-0.4, -0.2) is 73.1 Å². The van der Waals surface area contributed by atoms with E-state index in [0.717, 1.165) is 74.4 Å². The van der Waals surface area contributed by atoms with Gasteiger partial charge in [-0.05, 0) is 69.0 Å². The van der Waals surface area contributed by atoms with Crippen molar-refractivity contribution in [1.29, 1.82) is 0 Å². The lowest BCUT2D eigenvalue weighted by Gasteiger charge is -2.45. The number of likely N-dealkylation sites (tertiary alicyclic amines) is 2. The Kier molecular flexibility index (Phi) is 7.43. The van der Waals surface area contributed by atoms with Gasteiger partial charge in [0.15, 0.2) is 0 Å². The number of fused-ring (bicyclic) bond motifs is 2. The maximum absolute atomic E-state index is 12.9. The first-order valence-corrected chi connectivity index (χ1v) is 13.8. The number of carbonyl (C=O) groups excluding carboxylic acids is 3. The summed E-state index contributed by atoms with van der Waals surface area (Å²) in [4.78, 5) is 42.8. The van der Waals surface area contributed by atoms with Crippen LogP contribution in [0.3, 0.4) is 0 Å². The average Bonchev–Trinajstić information content (AvgIpc) is 3.24. The SMILES string of the molecule is CCOC(=O)N1CCC(N2CCC3(CC2)CN(C(C)=O)c2c(-c4ccc(NC(C)=O)cc4)cccc23)CC1.[HH]. The smallest absolute Gasteiger partial charge is 0.409 e. The van der Waals surface area contributed by atoms with Gasteiger partial charge in [-0.25, -0.2) is 4.79 Å². The highest BCUT2D eigenvalue weighted by atomic mass is 16.6. The summed E-state index contributed by atoms with van der Waals surface area (Å²) in [5.74, 6) is -0.0295.